The number of rotatable bonds is 4. The summed E-state index contributed by atoms with van der Waals surface area (Å²) in [5.74, 6) is 1.86. The fourth-order valence-corrected chi connectivity index (χ4v) is 2.64. The second-order valence-electron chi connectivity index (χ2n) is 5.69. The molecule has 0 aromatic heterocycles. The summed E-state index contributed by atoms with van der Waals surface area (Å²) >= 11 is 0. The van der Waals surface area contributed by atoms with Crippen LogP contribution in [0.5, 0.6) is 0 Å². The second-order valence-corrected chi connectivity index (χ2v) is 5.69. The van der Waals surface area contributed by atoms with Crippen molar-refractivity contribution in [1.29, 1.82) is 0 Å². The summed E-state index contributed by atoms with van der Waals surface area (Å²) in [5.41, 5.74) is 1.90. The number of allylic oxidation sites excluding steroid dienone is 1. The van der Waals surface area contributed by atoms with E-state index in [0.29, 0.717) is 6.61 Å². The van der Waals surface area contributed by atoms with Crippen LogP contribution in [0.3, 0.4) is 0 Å². The van der Waals surface area contributed by atoms with Crippen LogP contribution in [0.25, 0.3) is 0 Å². The summed E-state index contributed by atoms with van der Waals surface area (Å²) in [7, 11) is 2.70. The SMILES string of the molecule is C=C1C=C(COC)N=C(CC2CCCCC2)N1.CCC.CO. The molecule has 128 valence electrons. The van der Waals surface area contributed by atoms with E-state index in [1.165, 1.54) is 38.5 Å². The zero-order chi connectivity index (χ0) is 16.8. The zero-order valence-corrected chi connectivity index (χ0v) is 14.8. The van der Waals surface area contributed by atoms with Gasteiger partial charge in [-0.3, -0.25) is 0 Å². The minimum Gasteiger partial charge on any atom is -0.400 e. The van der Waals surface area contributed by atoms with Gasteiger partial charge in [0.15, 0.2) is 0 Å². The fourth-order valence-electron chi connectivity index (χ4n) is 2.64. The Kier molecular flexibility index (Phi) is 12.8. The van der Waals surface area contributed by atoms with Gasteiger partial charge in [-0.25, -0.2) is 4.99 Å². The monoisotopic (exact) mass is 310 g/mol. The highest BCUT2D eigenvalue weighted by molar-refractivity contribution is 5.86. The van der Waals surface area contributed by atoms with Crippen molar-refractivity contribution in [3.8, 4) is 0 Å². The van der Waals surface area contributed by atoms with Crippen molar-refractivity contribution in [1.82, 2.24) is 5.32 Å². The lowest BCUT2D eigenvalue weighted by Gasteiger charge is -2.24. The van der Waals surface area contributed by atoms with Gasteiger partial charge in [0.05, 0.1) is 12.3 Å². The average molecular weight is 310 g/mol. The molecule has 4 heteroatoms. The van der Waals surface area contributed by atoms with Crippen molar-refractivity contribution in [3.63, 3.8) is 0 Å². The summed E-state index contributed by atoms with van der Waals surface area (Å²) in [6, 6.07) is 0. The maximum absolute atomic E-state index is 7.00. The smallest absolute Gasteiger partial charge is 0.107 e. The first kappa shape index (κ1) is 20.9. The van der Waals surface area contributed by atoms with Crippen molar-refractivity contribution in [3.05, 3.63) is 24.0 Å². The van der Waals surface area contributed by atoms with Gasteiger partial charge in [-0.1, -0.05) is 59.0 Å². The first-order chi connectivity index (χ1) is 10.7. The molecule has 1 aliphatic heterocycles. The molecule has 0 bridgehead atoms. The highest BCUT2D eigenvalue weighted by Gasteiger charge is 2.18. The van der Waals surface area contributed by atoms with Crippen molar-refractivity contribution in [2.45, 2.75) is 58.8 Å². The molecular weight excluding hydrogens is 276 g/mol. The third-order valence-corrected chi connectivity index (χ3v) is 3.42. The van der Waals surface area contributed by atoms with Crippen LogP contribution in [-0.4, -0.2) is 31.8 Å². The third-order valence-electron chi connectivity index (χ3n) is 3.42. The molecule has 0 unspecified atom stereocenters. The predicted molar refractivity (Wildman–Crippen MR) is 95.0 cm³/mol. The van der Waals surface area contributed by atoms with E-state index in [2.05, 4.69) is 30.7 Å². The number of aliphatic hydroxyl groups is 1. The number of amidine groups is 1. The first-order valence-electron chi connectivity index (χ1n) is 8.37. The molecule has 2 rings (SSSR count). The normalized spacial score (nSPS) is 18.0. The van der Waals surface area contributed by atoms with Gasteiger partial charge in [-0.2, -0.15) is 0 Å². The summed E-state index contributed by atoms with van der Waals surface area (Å²) < 4.78 is 5.12. The molecule has 0 saturated heterocycles. The van der Waals surface area contributed by atoms with Crippen LogP contribution in [0.1, 0.15) is 58.8 Å². The Hall–Kier alpha value is -1.13. The zero-order valence-electron chi connectivity index (χ0n) is 14.8. The lowest BCUT2D eigenvalue weighted by atomic mass is 9.86. The van der Waals surface area contributed by atoms with E-state index >= 15 is 0 Å². The molecule has 1 saturated carbocycles. The first-order valence-corrected chi connectivity index (χ1v) is 8.37. The lowest BCUT2D eigenvalue weighted by molar-refractivity contribution is 0.224. The van der Waals surface area contributed by atoms with Gasteiger partial charge in [0.25, 0.3) is 0 Å². The van der Waals surface area contributed by atoms with Gasteiger partial charge in [-0.15, -0.1) is 0 Å². The summed E-state index contributed by atoms with van der Waals surface area (Å²) in [6.07, 6.45) is 11.1. The van der Waals surface area contributed by atoms with Crippen LogP contribution in [0.2, 0.25) is 0 Å². The van der Waals surface area contributed by atoms with Crippen molar-refractivity contribution >= 4 is 5.84 Å². The summed E-state index contributed by atoms with van der Waals surface area (Å²) in [4.78, 5) is 4.60. The Morgan fingerprint density at radius 2 is 1.86 bits per heavy atom. The second kappa shape index (κ2) is 13.5. The van der Waals surface area contributed by atoms with E-state index in [-0.39, 0.29) is 0 Å². The summed E-state index contributed by atoms with van der Waals surface area (Å²) in [5, 5.41) is 10.3. The molecular formula is C18H34N2O2. The van der Waals surface area contributed by atoms with E-state index in [1.807, 2.05) is 6.08 Å². The maximum Gasteiger partial charge on any atom is 0.107 e. The molecule has 0 aromatic carbocycles. The van der Waals surface area contributed by atoms with E-state index < -0.39 is 0 Å². The van der Waals surface area contributed by atoms with Gasteiger partial charge >= 0.3 is 0 Å². The maximum atomic E-state index is 7.00. The number of hydrogen-bond acceptors (Lipinski definition) is 4. The van der Waals surface area contributed by atoms with Gasteiger partial charge in [0.1, 0.15) is 5.84 Å². The van der Waals surface area contributed by atoms with Gasteiger partial charge < -0.3 is 15.2 Å². The van der Waals surface area contributed by atoms with Crippen LogP contribution >= 0.6 is 0 Å². The highest BCUT2D eigenvalue weighted by atomic mass is 16.5. The van der Waals surface area contributed by atoms with Crippen LogP contribution in [0, 0.1) is 5.92 Å². The van der Waals surface area contributed by atoms with Crippen LogP contribution in [-0.2, 0) is 4.74 Å². The van der Waals surface area contributed by atoms with E-state index in [9.17, 15) is 0 Å². The van der Waals surface area contributed by atoms with Crippen LogP contribution < -0.4 is 5.32 Å². The molecule has 2 aliphatic rings. The number of nitrogens with one attached hydrogen (secondary N) is 1. The predicted octanol–water partition coefficient (Wildman–Crippen LogP) is 4.03. The molecule has 0 aromatic rings. The summed E-state index contributed by atoms with van der Waals surface area (Å²) in [6.45, 7) is 8.78. The van der Waals surface area contributed by atoms with Gasteiger partial charge in [-0.05, 0) is 12.0 Å². The molecule has 2 N–H and O–H groups in total. The molecule has 0 atom stereocenters. The molecule has 22 heavy (non-hydrogen) atoms. The highest BCUT2D eigenvalue weighted by Crippen LogP contribution is 2.27. The van der Waals surface area contributed by atoms with Crippen molar-refractivity contribution in [2.75, 3.05) is 20.8 Å². The Morgan fingerprint density at radius 3 is 2.41 bits per heavy atom. The Labute approximate surface area is 136 Å². The Balaban J connectivity index is 0.000000789. The number of aliphatic imine (C=N–C) groups is 1. The molecule has 4 nitrogen and oxygen atoms in total. The van der Waals surface area contributed by atoms with Crippen LogP contribution in [0.15, 0.2) is 29.0 Å². The molecule has 1 fully saturated rings. The number of hydrogen-bond donors (Lipinski definition) is 2. The number of aliphatic hydroxyl groups excluding tert-OH is 1. The Morgan fingerprint density at radius 1 is 1.27 bits per heavy atom. The number of ether oxygens (including phenoxy) is 1. The van der Waals surface area contributed by atoms with Crippen molar-refractivity contribution < 1.29 is 9.84 Å². The standard InChI is InChI=1S/C14H22N2O.C3H8.CH4O/c1-11-8-13(10-17-2)16-14(15-11)9-12-6-4-3-5-7-12;1-3-2;1-2/h8,12H,1,3-7,9-10H2,2H3,(H,15,16);3H2,1-2H3;2H,1H3. The van der Waals surface area contributed by atoms with Crippen LogP contribution in [0.4, 0.5) is 0 Å². The fraction of sp³-hybridized carbons (Fsp3) is 0.722. The minimum atomic E-state index is 0.564. The number of methoxy groups -OCH3 is 1. The van der Waals surface area contributed by atoms with Crippen molar-refractivity contribution in [2.24, 2.45) is 10.9 Å². The van der Waals surface area contributed by atoms with Gasteiger partial charge in [0.2, 0.25) is 0 Å². The molecule has 0 amide bonds. The third kappa shape index (κ3) is 9.00. The van der Waals surface area contributed by atoms with E-state index in [0.717, 1.165) is 36.7 Å². The van der Waals surface area contributed by atoms with E-state index in [1.54, 1.807) is 7.11 Å². The molecule has 0 radical (unpaired) electrons. The Bertz CT molecular complexity index is 356. The topological polar surface area (TPSA) is 53.8 Å². The minimum absolute atomic E-state index is 0.564. The quantitative estimate of drug-likeness (QED) is 0.824. The average Bonchev–Trinajstić information content (AvgIpc) is 2.51. The number of nitrogens with zero attached hydrogens (tertiary/aromatic N) is 1. The van der Waals surface area contributed by atoms with Gasteiger partial charge in [0, 0.05) is 26.3 Å². The molecule has 1 aliphatic carbocycles. The van der Waals surface area contributed by atoms with E-state index in [4.69, 9.17) is 9.84 Å². The molecule has 0 spiro atoms. The molecule has 1 heterocycles. The largest absolute Gasteiger partial charge is 0.400 e. The lowest BCUT2D eigenvalue weighted by Crippen LogP contribution is -2.28.